The number of benzene rings is 1. The molecule has 0 spiro atoms. The Morgan fingerprint density at radius 2 is 1.76 bits per heavy atom. The molecule has 0 fully saturated rings. The summed E-state index contributed by atoms with van der Waals surface area (Å²) in [5, 5.41) is 11.1. The van der Waals surface area contributed by atoms with E-state index in [1.807, 2.05) is 24.3 Å². The molecule has 2 nitrogen and oxygen atoms in total. The van der Waals surface area contributed by atoms with Gasteiger partial charge in [0.15, 0.2) is 0 Å². The standard InChI is InChI=1S/C18H30ClNO/c1-5-15(6-2)20(13-14(3)4)12-11-18(21)16-9-7-8-10-17(16)19/h7-10,14-15,18,21H,5-6,11-13H2,1-4H3. The zero-order valence-electron chi connectivity index (χ0n) is 13.8. The van der Waals surface area contributed by atoms with E-state index in [0.29, 0.717) is 17.0 Å². The minimum absolute atomic E-state index is 0.484. The fraction of sp³-hybridized carbons (Fsp3) is 0.667. The number of aliphatic hydroxyl groups is 1. The number of hydrogen-bond acceptors (Lipinski definition) is 2. The van der Waals surface area contributed by atoms with E-state index >= 15 is 0 Å². The van der Waals surface area contributed by atoms with Crippen LogP contribution in [0.5, 0.6) is 0 Å². The van der Waals surface area contributed by atoms with Crippen LogP contribution in [0.2, 0.25) is 5.02 Å². The van der Waals surface area contributed by atoms with E-state index in [1.165, 1.54) is 0 Å². The smallest absolute Gasteiger partial charge is 0.0816 e. The van der Waals surface area contributed by atoms with Gasteiger partial charge < -0.3 is 10.0 Å². The minimum atomic E-state index is -0.484. The maximum absolute atomic E-state index is 10.4. The van der Waals surface area contributed by atoms with Gasteiger partial charge in [0.25, 0.3) is 0 Å². The molecule has 0 aliphatic heterocycles. The van der Waals surface area contributed by atoms with Gasteiger partial charge in [-0.05, 0) is 36.8 Å². The third-order valence-electron chi connectivity index (χ3n) is 4.01. The molecule has 1 rings (SSSR count). The first-order valence-electron chi connectivity index (χ1n) is 8.16. The van der Waals surface area contributed by atoms with Gasteiger partial charge in [-0.15, -0.1) is 0 Å². The number of halogens is 1. The van der Waals surface area contributed by atoms with Crippen LogP contribution in [-0.4, -0.2) is 29.1 Å². The van der Waals surface area contributed by atoms with Crippen molar-refractivity contribution in [1.82, 2.24) is 4.90 Å². The summed E-state index contributed by atoms with van der Waals surface area (Å²) in [5.41, 5.74) is 0.841. The highest BCUT2D eigenvalue weighted by molar-refractivity contribution is 6.31. The number of hydrogen-bond donors (Lipinski definition) is 1. The summed E-state index contributed by atoms with van der Waals surface area (Å²) >= 11 is 6.16. The van der Waals surface area contributed by atoms with Crippen LogP contribution < -0.4 is 0 Å². The molecule has 120 valence electrons. The molecule has 21 heavy (non-hydrogen) atoms. The van der Waals surface area contributed by atoms with Gasteiger partial charge in [-0.1, -0.05) is 57.5 Å². The lowest BCUT2D eigenvalue weighted by Gasteiger charge is -2.32. The van der Waals surface area contributed by atoms with Crippen molar-refractivity contribution in [3.8, 4) is 0 Å². The summed E-state index contributed by atoms with van der Waals surface area (Å²) in [7, 11) is 0. The van der Waals surface area contributed by atoms with Crippen molar-refractivity contribution in [3.63, 3.8) is 0 Å². The molecule has 0 radical (unpaired) electrons. The topological polar surface area (TPSA) is 23.5 Å². The molecular formula is C18H30ClNO. The Kier molecular flexibility index (Phi) is 8.31. The molecule has 1 atom stereocenters. The fourth-order valence-corrected chi connectivity index (χ4v) is 3.15. The molecule has 1 unspecified atom stereocenters. The molecule has 0 aliphatic rings. The van der Waals surface area contributed by atoms with E-state index in [4.69, 9.17) is 11.6 Å². The summed E-state index contributed by atoms with van der Waals surface area (Å²) in [6.07, 6.45) is 2.56. The SMILES string of the molecule is CCC(CC)N(CCC(O)c1ccccc1Cl)CC(C)C. The Morgan fingerprint density at radius 3 is 2.29 bits per heavy atom. The van der Waals surface area contributed by atoms with Crippen molar-refractivity contribution in [3.05, 3.63) is 34.9 Å². The molecular weight excluding hydrogens is 282 g/mol. The Bertz CT molecular complexity index is 404. The van der Waals surface area contributed by atoms with Crippen LogP contribution in [0.25, 0.3) is 0 Å². The van der Waals surface area contributed by atoms with Crippen LogP contribution in [0.3, 0.4) is 0 Å². The zero-order valence-corrected chi connectivity index (χ0v) is 14.6. The lowest BCUT2D eigenvalue weighted by atomic mass is 10.0. The Morgan fingerprint density at radius 1 is 1.14 bits per heavy atom. The largest absolute Gasteiger partial charge is 0.388 e. The van der Waals surface area contributed by atoms with E-state index in [0.717, 1.165) is 37.9 Å². The fourth-order valence-electron chi connectivity index (χ4n) is 2.89. The predicted molar refractivity (Wildman–Crippen MR) is 91.8 cm³/mol. The summed E-state index contributed by atoms with van der Waals surface area (Å²) in [6, 6.07) is 8.18. The lowest BCUT2D eigenvalue weighted by Crippen LogP contribution is -2.38. The maximum atomic E-state index is 10.4. The Balaban J connectivity index is 2.65. The third-order valence-corrected chi connectivity index (χ3v) is 4.36. The number of nitrogens with zero attached hydrogens (tertiary/aromatic N) is 1. The molecule has 0 amide bonds. The van der Waals surface area contributed by atoms with E-state index in [-0.39, 0.29) is 0 Å². The first kappa shape index (κ1) is 18.5. The second kappa shape index (κ2) is 9.45. The van der Waals surface area contributed by atoms with Crippen molar-refractivity contribution in [2.75, 3.05) is 13.1 Å². The summed E-state index contributed by atoms with van der Waals surface area (Å²) in [4.78, 5) is 2.52. The monoisotopic (exact) mass is 311 g/mol. The third kappa shape index (κ3) is 5.98. The molecule has 0 bridgehead atoms. The van der Waals surface area contributed by atoms with E-state index in [9.17, 15) is 5.11 Å². The molecule has 1 N–H and O–H groups in total. The van der Waals surface area contributed by atoms with Crippen LogP contribution in [0.4, 0.5) is 0 Å². The summed E-state index contributed by atoms with van der Waals surface area (Å²) in [5.74, 6) is 0.642. The zero-order chi connectivity index (χ0) is 15.8. The van der Waals surface area contributed by atoms with Crippen LogP contribution in [0, 0.1) is 5.92 Å². The maximum Gasteiger partial charge on any atom is 0.0816 e. The van der Waals surface area contributed by atoms with Crippen molar-refractivity contribution in [2.24, 2.45) is 5.92 Å². The molecule has 0 saturated heterocycles. The van der Waals surface area contributed by atoms with Crippen molar-refractivity contribution in [1.29, 1.82) is 0 Å². The summed E-state index contributed by atoms with van der Waals surface area (Å²) in [6.45, 7) is 11.0. The minimum Gasteiger partial charge on any atom is -0.388 e. The Hall–Kier alpha value is -0.570. The molecule has 3 heteroatoms. The van der Waals surface area contributed by atoms with E-state index in [2.05, 4.69) is 32.6 Å². The lowest BCUT2D eigenvalue weighted by molar-refractivity contribution is 0.111. The number of aliphatic hydroxyl groups excluding tert-OH is 1. The number of rotatable bonds is 9. The normalized spacial score (nSPS) is 13.4. The van der Waals surface area contributed by atoms with Gasteiger partial charge in [0.2, 0.25) is 0 Å². The van der Waals surface area contributed by atoms with Gasteiger partial charge >= 0.3 is 0 Å². The van der Waals surface area contributed by atoms with Crippen LogP contribution in [-0.2, 0) is 0 Å². The molecule has 0 aliphatic carbocycles. The van der Waals surface area contributed by atoms with Gasteiger partial charge in [-0.25, -0.2) is 0 Å². The van der Waals surface area contributed by atoms with Gasteiger partial charge in [0.05, 0.1) is 6.10 Å². The van der Waals surface area contributed by atoms with Gasteiger partial charge in [-0.3, -0.25) is 0 Å². The second-order valence-corrected chi connectivity index (χ2v) is 6.59. The summed E-state index contributed by atoms with van der Waals surface area (Å²) < 4.78 is 0. The van der Waals surface area contributed by atoms with Crippen LogP contribution >= 0.6 is 11.6 Å². The van der Waals surface area contributed by atoms with Crippen molar-refractivity contribution < 1.29 is 5.11 Å². The highest BCUT2D eigenvalue weighted by Gasteiger charge is 2.19. The van der Waals surface area contributed by atoms with Crippen molar-refractivity contribution in [2.45, 2.75) is 59.1 Å². The van der Waals surface area contributed by atoms with Gasteiger partial charge in [0.1, 0.15) is 0 Å². The molecule has 1 aromatic rings. The van der Waals surface area contributed by atoms with Gasteiger partial charge in [0, 0.05) is 24.2 Å². The van der Waals surface area contributed by atoms with E-state index < -0.39 is 6.10 Å². The highest BCUT2D eigenvalue weighted by Crippen LogP contribution is 2.25. The average Bonchev–Trinajstić information content (AvgIpc) is 2.45. The van der Waals surface area contributed by atoms with E-state index in [1.54, 1.807) is 0 Å². The highest BCUT2D eigenvalue weighted by atomic mass is 35.5. The van der Waals surface area contributed by atoms with Crippen LogP contribution in [0.15, 0.2) is 24.3 Å². The Labute approximate surface area is 135 Å². The predicted octanol–water partition coefficient (Wildman–Crippen LogP) is 4.91. The quantitative estimate of drug-likeness (QED) is 0.700. The second-order valence-electron chi connectivity index (χ2n) is 6.19. The first-order valence-corrected chi connectivity index (χ1v) is 8.53. The first-order chi connectivity index (χ1) is 9.99. The van der Waals surface area contributed by atoms with Crippen molar-refractivity contribution >= 4 is 11.6 Å². The van der Waals surface area contributed by atoms with Crippen LogP contribution in [0.1, 0.15) is 58.6 Å². The molecule has 0 aromatic heterocycles. The average molecular weight is 312 g/mol. The molecule has 0 heterocycles. The van der Waals surface area contributed by atoms with Gasteiger partial charge in [-0.2, -0.15) is 0 Å². The molecule has 1 aromatic carbocycles. The molecule has 0 saturated carbocycles.